The molecule has 0 aliphatic carbocycles. The average molecular weight is 240 g/mol. The van der Waals surface area contributed by atoms with E-state index in [0.29, 0.717) is 11.7 Å². The SMILES string of the molecule is CC(c1nc(CC(=O)O)cs1)N1CCCC1. The fourth-order valence-corrected chi connectivity index (χ4v) is 2.94. The molecule has 0 radical (unpaired) electrons. The van der Waals surface area contributed by atoms with E-state index in [1.165, 1.54) is 12.8 Å². The minimum absolute atomic E-state index is 0.0310. The van der Waals surface area contributed by atoms with E-state index < -0.39 is 5.97 Å². The van der Waals surface area contributed by atoms with Crippen LogP contribution in [-0.4, -0.2) is 34.0 Å². The van der Waals surface area contributed by atoms with Crippen LogP contribution in [0.4, 0.5) is 0 Å². The fourth-order valence-electron chi connectivity index (χ4n) is 2.04. The van der Waals surface area contributed by atoms with Gasteiger partial charge in [0.2, 0.25) is 0 Å². The highest BCUT2D eigenvalue weighted by molar-refractivity contribution is 7.09. The van der Waals surface area contributed by atoms with Crippen LogP contribution in [0.15, 0.2) is 5.38 Å². The Kier molecular flexibility index (Phi) is 3.56. The minimum Gasteiger partial charge on any atom is -0.481 e. The van der Waals surface area contributed by atoms with E-state index in [9.17, 15) is 4.79 Å². The molecular weight excluding hydrogens is 224 g/mol. The molecule has 2 heterocycles. The Labute approximate surface area is 98.9 Å². The van der Waals surface area contributed by atoms with Gasteiger partial charge in [0.25, 0.3) is 0 Å². The first kappa shape index (κ1) is 11.5. The summed E-state index contributed by atoms with van der Waals surface area (Å²) in [6.07, 6.45) is 2.55. The first-order valence-electron chi connectivity index (χ1n) is 5.57. The molecule has 4 nitrogen and oxygen atoms in total. The van der Waals surface area contributed by atoms with E-state index in [0.717, 1.165) is 18.1 Å². The molecular formula is C11H16N2O2S. The van der Waals surface area contributed by atoms with Gasteiger partial charge in [-0.1, -0.05) is 0 Å². The van der Waals surface area contributed by atoms with Gasteiger partial charge in [0.1, 0.15) is 5.01 Å². The van der Waals surface area contributed by atoms with Crippen LogP contribution in [0.5, 0.6) is 0 Å². The number of aliphatic carboxylic acids is 1. The zero-order valence-electron chi connectivity index (χ0n) is 9.35. The largest absolute Gasteiger partial charge is 0.481 e. The summed E-state index contributed by atoms with van der Waals surface area (Å²) in [6, 6.07) is 0.329. The van der Waals surface area contributed by atoms with Crippen LogP contribution in [0.1, 0.15) is 36.5 Å². The Balaban J connectivity index is 2.02. The first-order chi connectivity index (χ1) is 7.66. The van der Waals surface area contributed by atoms with Crippen molar-refractivity contribution in [1.29, 1.82) is 0 Å². The molecule has 1 saturated heterocycles. The maximum absolute atomic E-state index is 10.6. The van der Waals surface area contributed by atoms with Gasteiger partial charge in [0, 0.05) is 5.38 Å². The molecule has 0 aromatic carbocycles. The molecule has 0 bridgehead atoms. The monoisotopic (exact) mass is 240 g/mol. The lowest BCUT2D eigenvalue weighted by molar-refractivity contribution is -0.136. The molecule has 0 spiro atoms. The fraction of sp³-hybridized carbons (Fsp3) is 0.636. The van der Waals surface area contributed by atoms with Gasteiger partial charge in [-0.3, -0.25) is 9.69 Å². The van der Waals surface area contributed by atoms with Crippen LogP contribution < -0.4 is 0 Å². The first-order valence-corrected chi connectivity index (χ1v) is 6.45. The van der Waals surface area contributed by atoms with Crippen molar-refractivity contribution in [3.05, 3.63) is 16.1 Å². The van der Waals surface area contributed by atoms with Crippen molar-refractivity contribution in [2.75, 3.05) is 13.1 Å². The van der Waals surface area contributed by atoms with Crippen molar-refractivity contribution >= 4 is 17.3 Å². The van der Waals surface area contributed by atoms with Crippen molar-refractivity contribution in [2.24, 2.45) is 0 Å². The second-order valence-corrected chi connectivity index (χ2v) is 5.06. The van der Waals surface area contributed by atoms with E-state index in [2.05, 4.69) is 16.8 Å². The van der Waals surface area contributed by atoms with E-state index in [1.807, 2.05) is 5.38 Å². The van der Waals surface area contributed by atoms with Gasteiger partial charge in [0.05, 0.1) is 18.2 Å². The lowest BCUT2D eigenvalue weighted by atomic mass is 10.3. The molecule has 1 N–H and O–H groups in total. The molecule has 1 aromatic heterocycles. The summed E-state index contributed by atoms with van der Waals surface area (Å²) in [5.41, 5.74) is 0.679. The van der Waals surface area contributed by atoms with Gasteiger partial charge in [-0.25, -0.2) is 4.98 Å². The van der Waals surface area contributed by atoms with Gasteiger partial charge in [0.15, 0.2) is 0 Å². The summed E-state index contributed by atoms with van der Waals surface area (Å²) < 4.78 is 0. The summed E-state index contributed by atoms with van der Waals surface area (Å²) >= 11 is 1.57. The van der Waals surface area contributed by atoms with Gasteiger partial charge in [-0.15, -0.1) is 11.3 Å². The van der Waals surface area contributed by atoms with Crippen LogP contribution in [0.3, 0.4) is 0 Å². The van der Waals surface area contributed by atoms with Gasteiger partial charge in [-0.2, -0.15) is 0 Å². The number of likely N-dealkylation sites (tertiary alicyclic amines) is 1. The van der Waals surface area contributed by atoms with Crippen LogP contribution in [0.25, 0.3) is 0 Å². The van der Waals surface area contributed by atoms with Crippen molar-refractivity contribution in [2.45, 2.75) is 32.2 Å². The highest BCUT2D eigenvalue weighted by Gasteiger charge is 2.21. The normalized spacial score (nSPS) is 18.8. The number of aromatic nitrogens is 1. The number of carboxylic acid groups (broad SMARTS) is 1. The Hall–Kier alpha value is -0.940. The lowest BCUT2D eigenvalue weighted by Gasteiger charge is -2.21. The Morgan fingerprint density at radius 2 is 2.31 bits per heavy atom. The quantitative estimate of drug-likeness (QED) is 0.873. The summed E-state index contributed by atoms with van der Waals surface area (Å²) in [6.45, 7) is 4.42. The predicted octanol–water partition coefficient (Wildman–Crippen LogP) is 1.93. The van der Waals surface area contributed by atoms with Crippen molar-refractivity contribution in [3.63, 3.8) is 0 Å². The highest BCUT2D eigenvalue weighted by Crippen LogP contribution is 2.26. The van der Waals surface area contributed by atoms with E-state index in [4.69, 9.17) is 5.11 Å². The molecule has 2 rings (SSSR count). The number of hydrogen-bond acceptors (Lipinski definition) is 4. The molecule has 88 valence electrons. The number of hydrogen-bond donors (Lipinski definition) is 1. The van der Waals surface area contributed by atoms with Crippen LogP contribution in [-0.2, 0) is 11.2 Å². The number of rotatable bonds is 4. The van der Waals surface area contributed by atoms with Crippen LogP contribution in [0.2, 0.25) is 0 Å². The molecule has 16 heavy (non-hydrogen) atoms. The van der Waals surface area contributed by atoms with Crippen molar-refractivity contribution in [3.8, 4) is 0 Å². The summed E-state index contributed by atoms with van der Waals surface area (Å²) in [4.78, 5) is 17.4. The Morgan fingerprint density at radius 1 is 1.62 bits per heavy atom. The Bertz CT molecular complexity index is 372. The highest BCUT2D eigenvalue weighted by atomic mass is 32.1. The average Bonchev–Trinajstić information content (AvgIpc) is 2.84. The summed E-state index contributed by atoms with van der Waals surface area (Å²) in [7, 11) is 0. The zero-order valence-corrected chi connectivity index (χ0v) is 10.2. The van der Waals surface area contributed by atoms with Crippen molar-refractivity contribution < 1.29 is 9.90 Å². The number of nitrogens with zero attached hydrogens (tertiary/aromatic N) is 2. The molecule has 1 aliphatic heterocycles. The van der Waals surface area contributed by atoms with Crippen LogP contribution in [0, 0.1) is 0 Å². The Morgan fingerprint density at radius 3 is 2.94 bits per heavy atom. The molecule has 1 unspecified atom stereocenters. The van der Waals surface area contributed by atoms with Crippen LogP contribution >= 0.6 is 11.3 Å². The molecule has 0 amide bonds. The molecule has 1 fully saturated rings. The third-order valence-corrected chi connectivity index (χ3v) is 4.01. The predicted molar refractivity (Wildman–Crippen MR) is 62.7 cm³/mol. The maximum Gasteiger partial charge on any atom is 0.309 e. The second kappa shape index (κ2) is 4.93. The molecule has 0 saturated carbocycles. The minimum atomic E-state index is -0.814. The van der Waals surface area contributed by atoms with Crippen molar-refractivity contribution in [1.82, 2.24) is 9.88 Å². The summed E-state index contributed by atoms with van der Waals surface area (Å²) in [5, 5.41) is 11.6. The molecule has 1 aromatic rings. The second-order valence-electron chi connectivity index (χ2n) is 4.17. The molecule has 1 aliphatic rings. The number of carboxylic acids is 1. The zero-order chi connectivity index (χ0) is 11.5. The van der Waals surface area contributed by atoms with E-state index >= 15 is 0 Å². The van der Waals surface area contributed by atoms with E-state index in [-0.39, 0.29) is 6.42 Å². The summed E-state index contributed by atoms with van der Waals surface area (Å²) in [5.74, 6) is -0.814. The number of carbonyl (C=O) groups is 1. The van der Waals surface area contributed by atoms with Gasteiger partial charge < -0.3 is 5.11 Å². The van der Waals surface area contributed by atoms with Gasteiger partial charge >= 0.3 is 5.97 Å². The molecule has 5 heteroatoms. The van der Waals surface area contributed by atoms with E-state index in [1.54, 1.807) is 11.3 Å². The third-order valence-electron chi connectivity index (χ3n) is 2.95. The standard InChI is InChI=1S/C11H16N2O2S/c1-8(13-4-2-3-5-13)11-12-9(7-16-11)6-10(14)15/h7-8H,2-6H2,1H3,(H,14,15). The third kappa shape index (κ3) is 2.59. The lowest BCUT2D eigenvalue weighted by Crippen LogP contribution is -2.23. The topological polar surface area (TPSA) is 53.4 Å². The number of thiazole rings is 1. The van der Waals surface area contributed by atoms with Gasteiger partial charge in [-0.05, 0) is 32.9 Å². The smallest absolute Gasteiger partial charge is 0.309 e. The maximum atomic E-state index is 10.6. The molecule has 1 atom stereocenters.